The molecule has 3 heteroatoms. The van der Waals surface area contributed by atoms with Gasteiger partial charge in [0.1, 0.15) is 4.99 Å². The summed E-state index contributed by atoms with van der Waals surface area (Å²) in [4.78, 5) is 0.449. The van der Waals surface area contributed by atoms with E-state index < -0.39 is 0 Å². The Hall–Kier alpha value is -1.61. The molecule has 2 aromatic rings. The number of nitrogens with one attached hydrogen (secondary N) is 1. The number of hydrogen-bond acceptors (Lipinski definition) is 2. The summed E-state index contributed by atoms with van der Waals surface area (Å²) >= 11 is 5.15. The molecule has 0 bridgehead atoms. The number of hydrogen-bond donors (Lipinski definition) is 2. The molecule has 112 valence electrons. The van der Waals surface area contributed by atoms with Gasteiger partial charge in [-0.15, -0.1) is 0 Å². The minimum Gasteiger partial charge on any atom is -0.389 e. The van der Waals surface area contributed by atoms with Crippen molar-refractivity contribution in [3.8, 4) is 0 Å². The lowest BCUT2D eigenvalue weighted by molar-refractivity contribution is 0.484. The highest BCUT2D eigenvalue weighted by molar-refractivity contribution is 7.80. The Kier molecular flexibility index (Phi) is 5.18. The smallest absolute Gasteiger partial charge is 0.104 e. The number of benzene rings is 2. The summed E-state index contributed by atoms with van der Waals surface area (Å²) in [6.45, 7) is 6.78. The predicted octanol–water partition coefficient (Wildman–Crippen LogP) is 4.71. The summed E-state index contributed by atoms with van der Waals surface area (Å²) in [5.74, 6) is 0.731. The van der Waals surface area contributed by atoms with Crippen LogP contribution in [0.1, 0.15) is 39.2 Å². The van der Waals surface area contributed by atoms with Gasteiger partial charge >= 0.3 is 0 Å². The lowest BCUT2D eigenvalue weighted by atomic mass is 9.99. The second-order valence-corrected chi connectivity index (χ2v) is 6.30. The van der Waals surface area contributed by atoms with Gasteiger partial charge in [0.05, 0.1) is 0 Å². The van der Waals surface area contributed by atoms with Crippen LogP contribution in [0.5, 0.6) is 0 Å². The first kappa shape index (κ1) is 15.8. The number of anilines is 1. The normalized spacial score (nSPS) is 13.9. The second kappa shape index (κ2) is 6.90. The lowest BCUT2D eigenvalue weighted by Crippen LogP contribution is -2.18. The molecule has 0 spiro atoms. The summed E-state index contributed by atoms with van der Waals surface area (Å²) in [6.07, 6.45) is 2.38. The summed E-state index contributed by atoms with van der Waals surface area (Å²) < 4.78 is 0. The zero-order chi connectivity index (χ0) is 15.4. The van der Waals surface area contributed by atoms with Gasteiger partial charge in [-0.1, -0.05) is 56.8 Å². The maximum atomic E-state index is 5.83. The zero-order valence-corrected chi connectivity index (χ0v) is 13.8. The van der Waals surface area contributed by atoms with Crippen LogP contribution in [0.3, 0.4) is 0 Å². The van der Waals surface area contributed by atoms with Crippen LogP contribution in [-0.2, 0) is 0 Å². The Labute approximate surface area is 132 Å². The first-order valence-corrected chi connectivity index (χ1v) is 8.01. The van der Waals surface area contributed by atoms with Crippen LogP contribution in [-0.4, -0.2) is 11.0 Å². The molecule has 0 saturated carbocycles. The summed E-state index contributed by atoms with van der Waals surface area (Å²) in [5.41, 5.74) is 7.93. The highest BCUT2D eigenvalue weighted by Crippen LogP contribution is 2.28. The Morgan fingerprint density at radius 2 is 1.81 bits per heavy atom. The largest absolute Gasteiger partial charge is 0.389 e. The van der Waals surface area contributed by atoms with E-state index in [1.54, 1.807) is 0 Å². The SMILES string of the molecule is CCC(C)CC(C)Nc1ccc(C(N)=S)c2ccccc12. The van der Waals surface area contributed by atoms with Crippen LogP contribution < -0.4 is 11.1 Å². The molecule has 0 saturated heterocycles. The zero-order valence-electron chi connectivity index (χ0n) is 13.0. The maximum Gasteiger partial charge on any atom is 0.104 e. The molecule has 0 aliphatic heterocycles. The molecule has 0 aromatic heterocycles. The Bertz CT molecular complexity index is 636. The molecule has 2 nitrogen and oxygen atoms in total. The van der Waals surface area contributed by atoms with Crippen molar-refractivity contribution in [3.05, 3.63) is 42.0 Å². The van der Waals surface area contributed by atoms with Gasteiger partial charge < -0.3 is 11.1 Å². The third-order valence-electron chi connectivity index (χ3n) is 4.04. The molecule has 3 N–H and O–H groups in total. The van der Waals surface area contributed by atoms with Crippen LogP contribution >= 0.6 is 12.2 Å². The van der Waals surface area contributed by atoms with Gasteiger partial charge in [-0.05, 0) is 36.8 Å². The van der Waals surface area contributed by atoms with Crippen molar-refractivity contribution < 1.29 is 0 Å². The standard InChI is InChI=1S/C18H24N2S/c1-4-12(2)11-13(3)20-17-10-9-16(18(19)21)14-7-5-6-8-15(14)17/h5-10,12-13,20H,4,11H2,1-3H3,(H2,19,21). The van der Waals surface area contributed by atoms with Gasteiger partial charge in [0, 0.05) is 22.7 Å². The van der Waals surface area contributed by atoms with Gasteiger partial charge in [-0.3, -0.25) is 0 Å². The molecule has 0 fully saturated rings. The van der Waals surface area contributed by atoms with Crippen molar-refractivity contribution in [2.24, 2.45) is 11.7 Å². The third-order valence-corrected chi connectivity index (χ3v) is 4.26. The highest BCUT2D eigenvalue weighted by Gasteiger charge is 2.11. The predicted molar refractivity (Wildman–Crippen MR) is 97.0 cm³/mol. The van der Waals surface area contributed by atoms with E-state index in [4.69, 9.17) is 18.0 Å². The average molecular weight is 300 g/mol. The van der Waals surface area contributed by atoms with Crippen LogP contribution in [0.15, 0.2) is 36.4 Å². The van der Waals surface area contributed by atoms with E-state index in [-0.39, 0.29) is 0 Å². The molecule has 0 aliphatic rings. The van der Waals surface area contributed by atoms with Crippen molar-refractivity contribution in [3.63, 3.8) is 0 Å². The van der Waals surface area contributed by atoms with Gasteiger partial charge in [-0.25, -0.2) is 0 Å². The van der Waals surface area contributed by atoms with E-state index in [9.17, 15) is 0 Å². The Morgan fingerprint density at radius 3 is 2.43 bits per heavy atom. The fraction of sp³-hybridized carbons (Fsp3) is 0.389. The summed E-state index contributed by atoms with van der Waals surface area (Å²) in [5, 5.41) is 5.93. The number of rotatable bonds is 6. The molecule has 0 heterocycles. The van der Waals surface area contributed by atoms with E-state index in [1.807, 2.05) is 12.1 Å². The molecule has 2 rings (SSSR count). The lowest BCUT2D eigenvalue weighted by Gasteiger charge is -2.20. The van der Waals surface area contributed by atoms with Crippen LogP contribution in [0.4, 0.5) is 5.69 Å². The first-order valence-electron chi connectivity index (χ1n) is 7.61. The number of fused-ring (bicyclic) bond motifs is 1. The maximum absolute atomic E-state index is 5.83. The van der Waals surface area contributed by atoms with Gasteiger partial charge in [0.15, 0.2) is 0 Å². The number of thiocarbonyl (C=S) groups is 1. The Balaban J connectivity index is 2.33. The highest BCUT2D eigenvalue weighted by atomic mass is 32.1. The van der Waals surface area contributed by atoms with Crippen molar-refractivity contribution in [2.75, 3.05) is 5.32 Å². The molecule has 2 aromatic carbocycles. The molecule has 0 radical (unpaired) electrons. The van der Waals surface area contributed by atoms with E-state index in [0.717, 1.165) is 22.6 Å². The average Bonchev–Trinajstić information content (AvgIpc) is 2.47. The summed E-state index contributed by atoms with van der Waals surface area (Å²) in [6, 6.07) is 12.8. The molecular weight excluding hydrogens is 276 g/mol. The fourth-order valence-electron chi connectivity index (χ4n) is 2.73. The molecule has 0 aliphatic carbocycles. The third kappa shape index (κ3) is 3.73. The fourth-order valence-corrected chi connectivity index (χ4v) is 2.91. The van der Waals surface area contributed by atoms with Crippen LogP contribution in [0.2, 0.25) is 0 Å². The molecule has 21 heavy (non-hydrogen) atoms. The molecule has 0 amide bonds. The minimum atomic E-state index is 0.444. The molecular formula is C18H24N2S. The van der Waals surface area contributed by atoms with E-state index >= 15 is 0 Å². The molecule has 2 unspecified atom stereocenters. The Morgan fingerprint density at radius 1 is 1.14 bits per heavy atom. The summed E-state index contributed by atoms with van der Waals surface area (Å²) in [7, 11) is 0. The van der Waals surface area contributed by atoms with Crippen molar-refractivity contribution in [1.29, 1.82) is 0 Å². The van der Waals surface area contributed by atoms with Gasteiger partial charge in [-0.2, -0.15) is 0 Å². The monoisotopic (exact) mass is 300 g/mol. The first-order chi connectivity index (χ1) is 10.0. The van der Waals surface area contributed by atoms with E-state index in [1.165, 1.54) is 18.2 Å². The second-order valence-electron chi connectivity index (χ2n) is 5.87. The van der Waals surface area contributed by atoms with E-state index in [0.29, 0.717) is 11.0 Å². The topological polar surface area (TPSA) is 38.0 Å². The van der Waals surface area contributed by atoms with E-state index in [2.05, 4.69) is 50.4 Å². The number of nitrogens with two attached hydrogens (primary N) is 1. The minimum absolute atomic E-state index is 0.444. The van der Waals surface area contributed by atoms with Gasteiger partial charge in [0.2, 0.25) is 0 Å². The van der Waals surface area contributed by atoms with Crippen molar-refractivity contribution in [2.45, 2.75) is 39.7 Å². The van der Waals surface area contributed by atoms with Crippen LogP contribution in [0.25, 0.3) is 10.8 Å². The van der Waals surface area contributed by atoms with Crippen molar-refractivity contribution >= 4 is 33.7 Å². The van der Waals surface area contributed by atoms with Crippen LogP contribution in [0, 0.1) is 5.92 Å². The molecule has 2 atom stereocenters. The van der Waals surface area contributed by atoms with Gasteiger partial charge in [0.25, 0.3) is 0 Å². The quantitative estimate of drug-likeness (QED) is 0.759. The van der Waals surface area contributed by atoms with Crippen molar-refractivity contribution in [1.82, 2.24) is 0 Å².